The van der Waals surface area contributed by atoms with Crippen molar-refractivity contribution in [3.8, 4) is 11.3 Å². The topological polar surface area (TPSA) is 67.2 Å². The first kappa shape index (κ1) is 17.4. The van der Waals surface area contributed by atoms with E-state index < -0.39 is 5.60 Å². The number of piperidine rings is 1. The van der Waals surface area contributed by atoms with E-state index in [4.69, 9.17) is 0 Å². The van der Waals surface area contributed by atoms with Gasteiger partial charge >= 0.3 is 0 Å². The van der Waals surface area contributed by atoms with Crippen molar-refractivity contribution in [2.45, 2.75) is 50.7 Å². The van der Waals surface area contributed by atoms with Gasteiger partial charge in [0.05, 0.1) is 24.2 Å². The molecule has 2 fully saturated rings. The molecule has 26 heavy (non-hydrogen) atoms. The van der Waals surface area contributed by atoms with Crippen LogP contribution in [0.25, 0.3) is 11.3 Å². The molecule has 2 N–H and O–H groups in total. The summed E-state index contributed by atoms with van der Waals surface area (Å²) in [5.41, 5.74) is 0.536. The van der Waals surface area contributed by atoms with Crippen molar-refractivity contribution in [2.24, 2.45) is 5.41 Å². The maximum absolute atomic E-state index is 12.7. The summed E-state index contributed by atoms with van der Waals surface area (Å²) in [5.74, 6) is 0. The number of hydrogen-bond donors (Lipinski definition) is 2. The lowest BCUT2D eigenvalue weighted by Crippen LogP contribution is -2.62. The number of aromatic nitrogens is 2. The molecule has 1 atom stereocenters. The molecule has 4 rings (SSSR count). The highest BCUT2D eigenvalue weighted by Crippen LogP contribution is 2.48. The van der Waals surface area contributed by atoms with Crippen LogP contribution in [-0.4, -0.2) is 33.3 Å². The summed E-state index contributed by atoms with van der Waals surface area (Å²) in [6.45, 7) is 1.96. The van der Waals surface area contributed by atoms with Gasteiger partial charge in [-0.25, -0.2) is 4.98 Å². The maximum atomic E-state index is 12.7. The molecule has 1 spiro atoms. The average molecular weight is 353 g/mol. The minimum atomic E-state index is -0.849. The van der Waals surface area contributed by atoms with Crippen molar-refractivity contribution in [3.05, 3.63) is 53.1 Å². The summed E-state index contributed by atoms with van der Waals surface area (Å²) in [5, 5.41) is 15.1. The first-order valence-electron chi connectivity index (χ1n) is 9.67. The Bertz CT molecular complexity index is 803. The lowest BCUT2D eigenvalue weighted by molar-refractivity contribution is -0.133. The van der Waals surface area contributed by atoms with Crippen molar-refractivity contribution >= 4 is 0 Å². The molecular formula is C21H27N3O2. The molecule has 1 aromatic heterocycles. The molecule has 0 radical (unpaired) electrons. The van der Waals surface area contributed by atoms with Gasteiger partial charge in [-0.3, -0.25) is 9.36 Å². The Morgan fingerprint density at radius 2 is 1.88 bits per heavy atom. The van der Waals surface area contributed by atoms with Gasteiger partial charge in [0.1, 0.15) is 0 Å². The Balaban J connectivity index is 1.62. The van der Waals surface area contributed by atoms with E-state index in [1.807, 2.05) is 30.3 Å². The number of hydrogen-bond acceptors (Lipinski definition) is 4. The molecule has 1 saturated heterocycles. The van der Waals surface area contributed by atoms with E-state index in [1.165, 1.54) is 6.42 Å². The molecule has 0 amide bonds. The summed E-state index contributed by atoms with van der Waals surface area (Å²) in [6, 6.07) is 11.3. The smallest absolute Gasteiger partial charge is 0.253 e. The summed E-state index contributed by atoms with van der Waals surface area (Å²) in [4.78, 5) is 17.2. The van der Waals surface area contributed by atoms with Gasteiger partial charge in [0.25, 0.3) is 5.56 Å². The van der Waals surface area contributed by atoms with Crippen LogP contribution in [0.4, 0.5) is 0 Å². The Morgan fingerprint density at radius 3 is 2.62 bits per heavy atom. The zero-order chi connectivity index (χ0) is 18.0. The van der Waals surface area contributed by atoms with Gasteiger partial charge in [0, 0.05) is 23.6 Å². The standard InChI is InChI=1S/C21H27N3O2/c25-19-13-18(17-7-3-1-4-8-17)23-16-24(19)15-21(26)11-12-22-14-20(21)9-5-2-6-10-20/h1,3-4,7-8,13,16,22,26H,2,5-6,9-12,14-15H2. The van der Waals surface area contributed by atoms with Crippen molar-refractivity contribution in [1.29, 1.82) is 0 Å². The zero-order valence-electron chi connectivity index (χ0n) is 15.2. The maximum Gasteiger partial charge on any atom is 0.253 e. The van der Waals surface area contributed by atoms with Crippen molar-refractivity contribution < 1.29 is 5.11 Å². The molecular weight excluding hydrogens is 326 g/mol. The van der Waals surface area contributed by atoms with Crippen LogP contribution in [0, 0.1) is 5.41 Å². The molecule has 2 aliphatic rings. The fourth-order valence-corrected chi connectivity index (χ4v) is 4.76. The van der Waals surface area contributed by atoms with Gasteiger partial charge in [-0.2, -0.15) is 0 Å². The number of benzene rings is 1. The third-order valence-electron chi connectivity index (χ3n) is 6.36. The summed E-state index contributed by atoms with van der Waals surface area (Å²) < 4.78 is 1.59. The molecule has 1 saturated carbocycles. The zero-order valence-corrected chi connectivity index (χ0v) is 15.2. The van der Waals surface area contributed by atoms with Crippen molar-refractivity contribution in [3.63, 3.8) is 0 Å². The van der Waals surface area contributed by atoms with Gasteiger partial charge in [-0.05, 0) is 25.8 Å². The van der Waals surface area contributed by atoms with Crippen LogP contribution in [0.15, 0.2) is 47.5 Å². The molecule has 138 valence electrons. The predicted octanol–water partition coefficient (Wildman–Crippen LogP) is 2.59. The van der Waals surface area contributed by atoms with Crippen LogP contribution in [0.2, 0.25) is 0 Å². The Labute approximate surface area is 154 Å². The molecule has 2 heterocycles. The molecule has 1 aliphatic heterocycles. The first-order chi connectivity index (χ1) is 12.6. The van der Waals surface area contributed by atoms with Crippen LogP contribution in [-0.2, 0) is 6.54 Å². The van der Waals surface area contributed by atoms with Crippen molar-refractivity contribution in [1.82, 2.24) is 14.9 Å². The predicted molar refractivity (Wildman–Crippen MR) is 102 cm³/mol. The van der Waals surface area contributed by atoms with Crippen LogP contribution in [0.3, 0.4) is 0 Å². The molecule has 1 unspecified atom stereocenters. The highest BCUT2D eigenvalue weighted by atomic mass is 16.3. The lowest BCUT2D eigenvalue weighted by Gasteiger charge is -2.53. The second-order valence-electron chi connectivity index (χ2n) is 7.91. The molecule has 5 nitrogen and oxygen atoms in total. The fraction of sp³-hybridized carbons (Fsp3) is 0.524. The summed E-state index contributed by atoms with van der Waals surface area (Å²) in [7, 11) is 0. The van der Waals surface area contributed by atoms with E-state index in [1.54, 1.807) is 17.0 Å². The van der Waals surface area contributed by atoms with Crippen LogP contribution in [0.5, 0.6) is 0 Å². The Morgan fingerprint density at radius 1 is 1.12 bits per heavy atom. The lowest BCUT2D eigenvalue weighted by atomic mass is 9.60. The second-order valence-corrected chi connectivity index (χ2v) is 7.91. The van der Waals surface area contributed by atoms with E-state index in [0.717, 1.165) is 44.3 Å². The van der Waals surface area contributed by atoms with Gasteiger partial charge in [-0.1, -0.05) is 49.6 Å². The van der Waals surface area contributed by atoms with E-state index in [0.29, 0.717) is 18.7 Å². The monoisotopic (exact) mass is 353 g/mol. The van der Waals surface area contributed by atoms with Crippen LogP contribution in [0.1, 0.15) is 38.5 Å². The summed E-state index contributed by atoms with van der Waals surface area (Å²) >= 11 is 0. The average Bonchev–Trinajstić information content (AvgIpc) is 2.68. The van der Waals surface area contributed by atoms with Gasteiger partial charge < -0.3 is 10.4 Å². The van der Waals surface area contributed by atoms with Crippen molar-refractivity contribution in [2.75, 3.05) is 13.1 Å². The molecule has 5 heteroatoms. The Hall–Kier alpha value is -1.98. The normalized spacial score (nSPS) is 25.3. The quantitative estimate of drug-likeness (QED) is 0.890. The number of aliphatic hydroxyl groups is 1. The number of rotatable bonds is 3. The third-order valence-corrected chi connectivity index (χ3v) is 6.36. The SMILES string of the molecule is O=c1cc(-c2ccccc2)ncn1CC1(O)CCNCC12CCCCC2. The van der Waals surface area contributed by atoms with E-state index in [2.05, 4.69) is 10.3 Å². The highest BCUT2D eigenvalue weighted by molar-refractivity contribution is 5.57. The summed E-state index contributed by atoms with van der Waals surface area (Å²) in [6.07, 6.45) is 7.89. The molecule has 0 bridgehead atoms. The second kappa shape index (κ2) is 6.97. The van der Waals surface area contributed by atoms with Gasteiger partial charge in [-0.15, -0.1) is 0 Å². The minimum Gasteiger partial charge on any atom is -0.387 e. The van der Waals surface area contributed by atoms with E-state index in [9.17, 15) is 9.90 Å². The largest absolute Gasteiger partial charge is 0.387 e. The fourth-order valence-electron chi connectivity index (χ4n) is 4.76. The molecule has 1 aliphatic carbocycles. The highest BCUT2D eigenvalue weighted by Gasteiger charge is 2.52. The molecule has 2 aromatic rings. The minimum absolute atomic E-state index is 0.100. The van der Waals surface area contributed by atoms with E-state index in [-0.39, 0.29) is 11.0 Å². The molecule has 1 aromatic carbocycles. The van der Waals surface area contributed by atoms with E-state index >= 15 is 0 Å². The van der Waals surface area contributed by atoms with Gasteiger partial charge in [0.15, 0.2) is 0 Å². The number of nitrogens with one attached hydrogen (secondary N) is 1. The van der Waals surface area contributed by atoms with Crippen LogP contribution < -0.4 is 10.9 Å². The van der Waals surface area contributed by atoms with Gasteiger partial charge in [0.2, 0.25) is 0 Å². The first-order valence-corrected chi connectivity index (χ1v) is 9.67. The Kier molecular flexibility index (Phi) is 4.67. The third kappa shape index (κ3) is 3.10. The van der Waals surface area contributed by atoms with Crippen LogP contribution >= 0.6 is 0 Å². The number of nitrogens with zero attached hydrogens (tertiary/aromatic N) is 2.